The summed E-state index contributed by atoms with van der Waals surface area (Å²) in [5.74, 6) is 0. The quantitative estimate of drug-likeness (QED) is 0.452. The maximum absolute atomic E-state index is 12.6. The Morgan fingerprint density at radius 1 is 0.556 bits per heavy atom. The van der Waals surface area contributed by atoms with Crippen LogP contribution in [0.25, 0.3) is 0 Å². The van der Waals surface area contributed by atoms with E-state index >= 15 is 0 Å². The third-order valence-corrected chi connectivity index (χ3v) is 2.14. The fourth-order valence-electron chi connectivity index (χ4n) is 0.477. The molecule has 0 saturated heterocycles. The Bertz CT molecular complexity index is 215. The highest BCUT2D eigenvalue weighted by atomic mass is 28.4. The summed E-state index contributed by atoms with van der Waals surface area (Å²) in [6.45, 7) is 0. The van der Waals surface area contributed by atoms with E-state index in [4.69, 9.17) is 0 Å². The van der Waals surface area contributed by atoms with Gasteiger partial charge in [-0.3, -0.25) is 13.3 Å². The van der Waals surface area contributed by atoms with Crippen LogP contribution in [0.4, 0.5) is 43.6 Å². The molecule has 14 heteroatoms. The molecule has 0 aromatic heterocycles. The zero-order chi connectivity index (χ0) is 14.1. The van der Waals surface area contributed by atoms with Crippen LogP contribution < -0.4 is 0 Å². The van der Waals surface area contributed by atoms with Crippen molar-refractivity contribution < 1.29 is 56.9 Å². The molecule has 0 unspecified atom stereocenters. The van der Waals surface area contributed by atoms with Gasteiger partial charge in [-0.2, -0.15) is 0 Å². The molecular formula is C4H4F10O3Si. The molecule has 0 aliphatic rings. The van der Waals surface area contributed by atoms with Gasteiger partial charge in [0.25, 0.3) is 0 Å². The molecule has 0 aliphatic carbocycles. The lowest BCUT2D eigenvalue weighted by Crippen LogP contribution is -2.51. The van der Waals surface area contributed by atoms with Gasteiger partial charge in [-0.05, 0) is 0 Å². The van der Waals surface area contributed by atoms with E-state index in [2.05, 4.69) is 0 Å². The smallest absolute Gasteiger partial charge is 0.257 e. The number of hydrogen-bond donors (Lipinski definition) is 0. The zero-order valence-electron chi connectivity index (χ0n) is 7.00. The summed E-state index contributed by atoms with van der Waals surface area (Å²) in [4.78, 5) is 0. The number of halogens is 10. The van der Waals surface area contributed by atoms with Gasteiger partial charge in [-0.1, -0.05) is 7.43 Å². The topological polar surface area (TPSA) is 27.7 Å². The summed E-state index contributed by atoms with van der Waals surface area (Å²) in [5, 5.41) is 0. The minimum Gasteiger partial charge on any atom is -0.257 e. The Kier molecular flexibility index (Phi) is 6.11. The van der Waals surface area contributed by atoms with Gasteiger partial charge in [-0.25, -0.2) is 4.11 Å². The second kappa shape index (κ2) is 5.58. The molecule has 0 bridgehead atoms. The first kappa shape index (κ1) is 19.7. The highest BCUT2D eigenvalue weighted by molar-refractivity contribution is 6.52. The van der Waals surface area contributed by atoms with Crippen LogP contribution in [0.1, 0.15) is 7.43 Å². The van der Waals surface area contributed by atoms with Gasteiger partial charge in [0.15, 0.2) is 0 Å². The second-order valence-electron chi connectivity index (χ2n) is 2.12. The molecule has 3 nitrogen and oxygen atoms in total. The molecule has 0 aromatic carbocycles. The first-order valence-electron chi connectivity index (χ1n) is 3.11. The molecule has 0 spiro atoms. The van der Waals surface area contributed by atoms with Crippen molar-refractivity contribution in [3.63, 3.8) is 0 Å². The summed E-state index contributed by atoms with van der Waals surface area (Å²) >= 11 is 0. The SMILES string of the molecule is C.FC(F)(F)O[Si](F)(OC(F)(F)F)OC(F)(F)F. The molecule has 0 aliphatic heterocycles. The molecule has 0 N–H and O–H groups in total. The monoisotopic (exact) mass is 318 g/mol. The molecule has 0 aromatic rings. The summed E-state index contributed by atoms with van der Waals surface area (Å²) in [5.41, 5.74) is 0. The molecule has 0 fully saturated rings. The minimum atomic E-state index is -7.53. The number of alkyl halides is 9. The van der Waals surface area contributed by atoms with E-state index in [1.54, 1.807) is 0 Å². The second-order valence-corrected chi connectivity index (χ2v) is 3.70. The normalized spacial score (nSPS) is 14.3. The van der Waals surface area contributed by atoms with Gasteiger partial charge in [0.2, 0.25) is 0 Å². The van der Waals surface area contributed by atoms with Crippen LogP contribution in [0.15, 0.2) is 0 Å². The number of rotatable bonds is 3. The Labute approximate surface area is 93.8 Å². The average Bonchev–Trinajstić information content (AvgIpc) is 1.65. The lowest BCUT2D eigenvalue weighted by atomic mass is 11.4. The van der Waals surface area contributed by atoms with E-state index in [1.165, 1.54) is 0 Å². The van der Waals surface area contributed by atoms with Crippen molar-refractivity contribution in [2.45, 2.75) is 26.5 Å². The van der Waals surface area contributed by atoms with Gasteiger partial charge in [-0.15, -0.1) is 39.5 Å². The third kappa shape index (κ3) is 10.5. The molecule has 0 heterocycles. The maximum Gasteiger partial charge on any atom is 0.739 e. The largest absolute Gasteiger partial charge is 0.739 e. The first-order valence-corrected chi connectivity index (χ1v) is 4.72. The predicted octanol–water partition coefficient (Wildman–Crippen LogP) is 3.64. The van der Waals surface area contributed by atoms with Crippen molar-refractivity contribution >= 4 is 9.14 Å². The van der Waals surface area contributed by atoms with Crippen LogP contribution in [-0.2, 0) is 13.3 Å². The van der Waals surface area contributed by atoms with Crippen molar-refractivity contribution in [3.05, 3.63) is 0 Å². The van der Waals surface area contributed by atoms with Gasteiger partial charge >= 0.3 is 28.2 Å². The Hall–Kier alpha value is -0.603. The lowest BCUT2D eigenvalue weighted by Gasteiger charge is -2.23. The molecule has 0 atom stereocenters. The van der Waals surface area contributed by atoms with Crippen LogP contribution in [0.3, 0.4) is 0 Å². The highest BCUT2D eigenvalue weighted by Crippen LogP contribution is 2.34. The molecule has 0 amide bonds. The standard InChI is InChI=1S/C3F10O3Si.CH4/c4-1(5,6)14-17(13,15-2(7,8)9)16-3(10,11)12;/h;1H4. The molecule has 0 saturated carbocycles. The molecule has 0 radical (unpaired) electrons. The summed E-state index contributed by atoms with van der Waals surface area (Å²) in [6.07, 6.45) is -18.4. The van der Waals surface area contributed by atoms with Crippen LogP contribution in [-0.4, -0.2) is 28.2 Å². The Morgan fingerprint density at radius 2 is 0.722 bits per heavy atom. The first-order chi connectivity index (χ1) is 7.12. The molecule has 18 heavy (non-hydrogen) atoms. The highest BCUT2D eigenvalue weighted by Gasteiger charge is 2.65. The van der Waals surface area contributed by atoms with Gasteiger partial charge < -0.3 is 0 Å². The van der Waals surface area contributed by atoms with Gasteiger partial charge in [0, 0.05) is 0 Å². The fourth-order valence-corrected chi connectivity index (χ4v) is 1.43. The maximum atomic E-state index is 12.6. The minimum absolute atomic E-state index is 0. The van der Waals surface area contributed by atoms with Gasteiger partial charge in [0.05, 0.1) is 0 Å². The fraction of sp³-hybridized carbons (Fsp3) is 1.00. The third-order valence-electron chi connectivity index (χ3n) is 0.713. The van der Waals surface area contributed by atoms with Crippen molar-refractivity contribution in [2.75, 3.05) is 0 Å². The number of hydrogen-bond acceptors (Lipinski definition) is 3. The summed E-state index contributed by atoms with van der Waals surface area (Å²) < 4.78 is 121. The Morgan fingerprint density at radius 3 is 0.833 bits per heavy atom. The average molecular weight is 318 g/mol. The van der Waals surface area contributed by atoms with Crippen molar-refractivity contribution in [2.24, 2.45) is 0 Å². The van der Waals surface area contributed by atoms with E-state index in [9.17, 15) is 43.6 Å². The van der Waals surface area contributed by atoms with Crippen LogP contribution >= 0.6 is 0 Å². The molecule has 0 rings (SSSR count). The summed E-state index contributed by atoms with van der Waals surface area (Å²) in [6, 6.07) is 0. The lowest BCUT2D eigenvalue weighted by molar-refractivity contribution is -0.375. The van der Waals surface area contributed by atoms with Crippen molar-refractivity contribution in [1.29, 1.82) is 0 Å². The van der Waals surface area contributed by atoms with Gasteiger partial charge in [0.1, 0.15) is 0 Å². The van der Waals surface area contributed by atoms with E-state index in [-0.39, 0.29) is 7.43 Å². The van der Waals surface area contributed by atoms with Crippen molar-refractivity contribution in [3.8, 4) is 0 Å². The van der Waals surface area contributed by atoms with E-state index < -0.39 is 28.2 Å². The molecule has 112 valence electrons. The van der Waals surface area contributed by atoms with Crippen LogP contribution in [0.5, 0.6) is 0 Å². The zero-order valence-corrected chi connectivity index (χ0v) is 8.00. The van der Waals surface area contributed by atoms with Crippen LogP contribution in [0, 0.1) is 0 Å². The van der Waals surface area contributed by atoms with Crippen molar-refractivity contribution in [1.82, 2.24) is 0 Å². The Balaban J connectivity index is 0. The molecular weight excluding hydrogens is 314 g/mol. The van der Waals surface area contributed by atoms with Crippen LogP contribution in [0.2, 0.25) is 0 Å². The van der Waals surface area contributed by atoms with E-state index in [0.717, 1.165) is 0 Å². The summed E-state index contributed by atoms with van der Waals surface area (Å²) in [7, 11) is -7.53. The van der Waals surface area contributed by atoms with E-state index in [0.29, 0.717) is 0 Å². The van der Waals surface area contributed by atoms with E-state index in [1.807, 2.05) is 13.3 Å². The predicted molar refractivity (Wildman–Crippen MR) is 35.0 cm³/mol.